The summed E-state index contributed by atoms with van der Waals surface area (Å²) < 4.78 is 0. The Morgan fingerprint density at radius 1 is 0.960 bits per heavy atom. The molecular formula is C22H29NO2. The summed E-state index contributed by atoms with van der Waals surface area (Å²) in [5.74, 6) is 2.61. The number of carbonyl (C=O) groups is 2. The van der Waals surface area contributed by atoms with Crippen LogP contribution >= 0.6 is 0 Å². The van der Waals surface area contributed by atoms with Gasteiger partial charge in [0.2, 0.25) is 5.91 Å². The lowest BCUT2D eigenvalue weighted by molar-refractivity contribution is -0.126. The molecule has 0 atom stereocenters. The van der Waals surface area contributed by atoms with Crippen molar-refractivity contribution in [2.45, 2.75) is 70.8 Å². The van der Waals surface area contributed by atoms with E-state index in [1.807, 2.05) is 32.0 Å². The van der Waals surface area contributed by atoms with Crippen LogP contribution in [0.25, 0.3) is 0 Å². The normalized spacial score (nSPS) is 32.6. The maximum absolute atomic E-state index is 12.5. The molecule has 0 aromatic heterocycles. The first-order valence-corrected chi connectivity index (χ1v) is 9.84. The van der Waals surface area contributed by atoms with Crippen LogP contribution in [-0.2, 0) is 4.79 Å². The number of aryl methyl sites for hydroxylation is 2. The Morgan fingerprint density at radius 2 is 1.56 bits per heavy atom. The van der Waals surface area contributed by atoms with Gasteiger partial charge in [-0.05, 0) is 87.3 Å². The van der Waals surface area contributed by atoms with Crippen LogP contribution < -0.4 is 5.32 Å². The number of nitrogens with one attached hydrogen (secondary N) is 1. The summed E-state index contributed by atoms with van der Waals surface area (Å²) >= 11 is 0. The van der Waals surface area contributed by atoms with Gasteiger partial charge in [0.15, 0.2) is 5.78 Å². The van der Waals surface area contributed by atoms with Crippen molar-refractivity contribution in [3.63, 3.8) is 0 Å². The van der Waals surface area contributed by atoms with Gasteiger partial charge in [0.1, 0.15) is 0 Å². The van der Waals surface area contributed by atoms with Crippen molar-refractivity contribution in [2.24, 2.45) is 17.8 Å². The summed E-state index contributed by atoms with van der Waals surface area (Å²) in [7, 11) is 0. The van der Waals surface area contributed by atoms with E-state index >= 15 is 0 Å². The van der Waals surface area contributed by atoms with E-state index in [0.717, 1.165) is 48.1 Å². The number of amides is 1. The molecule has 4 aliphatic carbocycles. The average Bonchev–Trinajstić information content (AvgIpc) is 2.53. The molecule has 3 heteroatoms. The van der Waals surface area contributed by atoms with Crippen LogP contribution in [0.1, 0.15) is 72.9 Å². The molecule has 25 heavy (non-hydrogen) atoms. The molecule has 1 aromatic rings. The fourth-order valence-corrected chi connectivity index (χ4v) is 5.91. The van der Waals surface area contributed by atoms with Crippen LogP contribution in [0.2, 0.25) is 0 Å². The van der Waals surface area contributed by atoms with E-state index in [9.17, 15) is 9.59 Å². The van der Waals surface area contributed by atoms with Gasteiger partial charge in [-0.15, -0.1) is 0 Å². The molecule has 4 aliphatic rings. The Bertz CT molecular complexity index is 671. The zero-order valence-electron chi connectivity index (χ0n) is 15.4. The van der Waals surface area contributed by atoms with Gasteiger partial charge >= 0.3 is 0 Å². The van der Waals surface area contributed by atoms with Crippen molar-refractivity contribution in [1.82, 2.24) is 5.32 Å². The van der Waals surface area contributed by atoms with Crippen LogP contribution in [-0.4, -0.2) is 17.2 Å². The monoisotopic (exact) mass is 339 g/mol. The van der Waals surface area contributed by atoms with Crippen LogP contribution in [0.3, 0.4) is 0 Å². The van der Waals surface area contributed by atoms with Crippen molar-refractivity contribution >= 4 is 11.7 Å². The highest BCUT2D eigenvalue weighted by molar-refractivity contribution is 5.98. The van der Waals surface area contributed by atoms with Gasteiger partial charge in [0.25, 0.3) is 0 Å². The SMILES string of the molecule is Cc1ccc(C(=O)CCC(=O)NC23CC4CC(CC(C4)C2)C3)cc1C. The van der Waals surface area contributed by atoms with Crippen LogP contribution in [0.4, 0.5) is 0 Å². The first-order chi connectivity index (χ1) is 11.9. The molecule has 1 amide bonds. The molecular weight excluding hydrogens is 310 g/mol. The average molecular weight is 339 g/mol. The van der Waals surface area contributed by atoms with Crippen molar-refractivity contribution in [3.8, 4) is 0 Å². The minimum atomic E-state index is 0.0509. The molecule has 0 radical (unpaired) electrons. The molecule has 134 valence electrons. The molecule has 0 saturated heterocycles. The number of benzene rings is 1. The maximum atomic E-state index is 12.5. The molecule has 1 N–H and O–H groups in total. The molecule has 0 unspecified atom stereocenters. The molecule has 0 heterocycles. The molecule has 4 fully saturated rings. The fraction of sp³-hybridized carbons (Fsp3) is 0.636. The fourth-order valence-electron chi connectivity index (χ4n) is 5.91. The molecule has 4 saturated carbocycles. The lowest BCUT2D eigenvalue weighted by Gasteiger charge is -2.56. The predicted molar refractivity (Wildman–Crippen MR) is 98.5 cm³/mol. The van der Waals surface area contributed by atoms with Gasteiger partial charge in [0.05, 0.1) is 0 Å². The van der Waals surface area contributed by atoms with Gasteiger partial charge in [-0.1, -0.05) is 12.1 Å². The lowest BCUT2D eigenvalue weighted by Crippen LogP contribution is -2.59. The molecule has 5 rings (SSSR count). The second-order valence-electron chi connectivity index (χ2n) is 8.97. The predicted octanol–water partition coefficient (Wildman–Crippen LogP) is 4.35. The Hall–Kier alpha value is -1.64. The first-order valence-electron chi connectivity index (χ1n) is 9.84. The Kier molecular flexibility index (Phi) is 4.21. The third-order valence-electron chi connectivity index (χ3n) is 6.85. The lowest BCUT2D eigenvalue weighted by atomic mass is 9.53. The zero-order valence-corrected chi connectivity index (χ0v) is 15.4. The van der Waals surface area contributed by atoms with Crippen molar-refractivity contribution in [2.75, 3.05) is 0 Å². The zero-order chi connectivity index (χ0) is 17.6. The van der Waals surface area contributed by atoms with Gasteiger partial charge in [0, 0.05) is 23.9 Å². The van der Waals surface area contributed by atoms with Crippen LogP contribution in [0, 0.1) is 31.6 Å². The minimum Gasteiger partial charge on any atom is -0.351 e. The van der Waals surface area contributed by atoms with Gasteiger partial charge < -0.3 is 5.32 Å². The third-order valence-corrected chi connectivity index (χ3v) is 6.85. The highest BCUT2D eigenvalue weighted by atomic mass is 16.2. The quantitative estimate of drug-likeness (QED) is 0.811. The Morgan fingerprint density at radius 3 is 2.12 bits per heavy atom. The number of rotatable bonds is 5. The van der Waals surface area contributed by atoms with Crippen LogP contribution in [0.15, 0.2) is 18.2 Å². The summed E-state index contributed by atoms with van der Waals surface area (Å²) in [6, 6.07) is 5.80. The smallest absolute Gasteiger partial charge is 0.220 e. The van der Waals surface area contributed by atoms with E-state index in [1.165, 1.54) is 24.8 Å². The van der Waals surface area contributed by atoms with E-state index in [2.05, 4.69) is 5.32 Å². The number of ketones is 1. The first kappa shape index (κ1) is 16.8. The van der Waals surface area contributed by atoms with Gasteiger partial charge in [-0.3, -0.25) is 9.59 Å². The van der Waals surface area contributed by atoms with Gasteiger partial charge in [-0.2, -0.15) is 0 Å². The number of hydrogen-bond donors (Lipinski definition) is 1. The highest BCUT2D eigenvalue weighted by Gasteiger charge is 2.51. The van der Waals surface area contributed by atoms with E-state index in [0.29, 0.717) is 12.8 Å². The second-order valence-corrected chi connectivity index (χ2v) is 8.97. The molecule has 3 nitrogen and oxygen atoms in total. The second kappa shape index (κ2) is 6.26. The Labute approximate surface area is 150 Å². The third kappa shape index (κ3) is 3.38. The van der Waals surface area contributed by atoms with Gasteiger partial charge in [-0.25, -0.2) is 0 Å². The number of hydrogen-bond acceptors (Lipinski definition) is 2. The molecule has 4 bridgehead atoms. The van der Waals surface area contributed by atoms with Crippen LogP contribution in [0.5, 0.6) is 0 Å². The summed E-state index contributed by atoms with van der Waals surface area (Å²) in [4.78, 5) is 24.9. The van der Waals surface area contributed by atoms with E-state index in [1.54, 1.807) is 0 Å². The Balaban J connectivity index is 1.33. The number of carbonyl (C=O) groups excluding carboxylic acids is 2. The van der Waals surface area contributed by atoms with E-state index in [-0.39, 0.29) is 17.2 Å². The van der Waals surface area contributed by atoms with Crippen molar-refractivity contribution < 1.29 is 9.59 Å². The molecule has 1 aromatic carbocycles. The molecule has 0 aliphatic heterocycles. The van der Waals surface area contributed by atoms with Crippen molar-refractivity contribution in [3.05, 3.63) is 34.9 Å². The highest BCUT2D eigenvalue weighted by Crippen LogP contribution is 2.55. The summed E-state index contributed by atoms with van der Waals surface area (Å²) in [5, 5.41) is 3.36. The molecule has 0 spiro atoms. The van der Waals surface area contributed by atoms with E-state index < -0.39 is 0 Å². The largest absolute Gasteiger partial charge is 0.351 e. The summed E-state index contributed by atoms with van der Waals surface area (Å²) in [5.41, 5.74) is 3.10. The summed E-state index contributed by atoms with van der Waals surface area (Å²) in [6.45, 7) is 4.06. The maximum Gasteiger partial charge on any atom is 0.220 e. The van der Waals surface area contributed by atoms with Crippen molar-refractivity contribution in [1.29, 1.82) is 0 Å². The van der Waals surface area contributed by atoms with E-state index in [4.69, 9.17) is 0 Å². The summed E-state index contributed by atoms with van der Waals surface area (Å²) in [6.07, 6.45) is 8.23. The minimum absolute atomic E-state index is 0.0509. The topological polar surface area (TPSA) is 46.2 Å². The number of Topliss-reactive ketones (excluding diaryl/α,β-unsaturated/α-hetero) is 1. The standard InChI is InChI=1S/C22H29NO2/c1-14-3-4-19(7-15(14)2)20(24)5-6-21(25)23-22-11-16-8-17(12-22)10-18(9-16)13-22/h3-4,7,16-18H,5-6,8-13H2,1-2H3,(H,23,25).